The summed E-state index contributed by atoms with van der Waals surface area (Å²) in [6.07, 6.45) is 0.359. The van der Waals surface area contributed by atoms with Crippen molar-refractivity contribution in [3.63, 3.8) is 0 Å². The number of hydrogen-bond donors (Lipinski definition) is 1. The van der Waals surface area contributed by atoms with Gasteiger partial charge in [0.25, 0.3) is 5.91 Å². The third kappa shape index (κ3) is 10.7. The molecule has 0 spiro atoms. The van der Waals surface area contributed by atoms with E-state index in [-0.39, 0.29) is 48.4 Å². The van der Waals surface area contributed by atoms with Crippen LogP contribution in [0.15, 0.2) is 30.3 Å². The Hall–Kier alpha value is -4.37. The molecule has 4 rings (SSSR count). The lowest BCUT2D eigenvalue weighted by Gasteiger charge is -2.39. The molecule has 334 valence electrons. The van der Waals surface area contributed by atoms with Crippen LogP contribution in [0, 0.1) is 23.7 Å². The van der Waals surface area contributed by atoms with Gasteiger partial charge in [-0.25, -0.2) is 4.79 Å². The molecular weight excluding hydrogens is 769 g/mol. The third-order valence-electron chi connectivity index (χ3n) is 12.3. The van der Waals surface area contributed by atoms with Crippen LogP contribution in [0.3, 0.4) is 0 Å². The highest BCUT2D eigenvalue weighted by molar-refractivity contribution is 6.01. The predicted octanol–water partition coefficient (Wildman–Crippen LogP) is 3.13. The van der Waals surface area contributed by atoms with E-state index >= 15 is 0 Å². The normalized spacial score (nSPS) is 22.8. The molecule has 1 N–H and O–H groups in total. The van der Waals surface area contributed by atoms with E-state index in [0.29, 0.717) is 38.6 Å². The maximum atomic E-state index is 14.5. The first kappa shape index (κ1) is 48.3. The molecule has 3 aliphatic heterocycles. The number of methoxy groups -OCH3 is 1. The number of likely N-dealkylation sites (N-methyl/N-ethyl adjacent to an activating group) is 2. The average Bonchev–Trinajstić information content (AvgIpc) is 3.94. The maximum absolute atomic E-state index is 14.5. The fourth-order valence-electron chi connectivity index (χ4n) is 9.24. The number of rotatable bonds is 17. The summed E-state index contributed by atoms with van der Waals surface area (Å²) in [5.41, 5.74) is 0.927. The number of likely N-dealkylation sites (tertiary alicyclic amines) is 3. The minimum absolute atomic E-state index is 0.00538. The van der Waals surface area contributed by atoms with E-state index < -0.39 is 78.1 Å². The molecule has 0 bridgehead atoms. The van der Waals surface area contributed by atoms with Gasteiger partial charge in [-0.15, -0.1) is 0 Å². The molecule has 0 aliphatic carbocycles. The van der Waals surface area contributed by atoms with E-state index in [4.69, 9.17) is 9.47 Å². The van der Waals surface area contributed by atoms with Crippen LogP contribution in [0.5, 0.6) is 0 Å². The molecule has 3 saturated heterocycles. The molecular formula is C45H70N6O9. The first-order valence-electron chi connectivity index (χ1n) is 21.7. The molecule has 1 unspecified atom stereocenters. The van der Waals surface area contributed by atoms with Crippen molar-refractivity contribution < 1.29 is 43.0 Å². The van der Waals surface area contributed by atoms with Crippen LogP contribution in [-0.4, -0.2) is 156 Å². The Morgan fingerprint density at radius 2 is 1.35 bits per heavy atom. The van der Waals surface area contributed by atoms with Gasteiger partial charge < -0.3 is 29.5 Å². The predicted molar refractivity (Wildman–Crippen MR) is 226 cm³/mol. The smallest absolute Gasteiger partial charge is 0.329 e. The van der Waals surface area contributed by atoms with E-state index in [1.165, 1.54) is 26.7 Å². The quantitative estimate of drug-likeness (QED) is 0.231. The number of carbonyl (C=O) groups is 7. The van der Waals surface area contributed by atoms with Gasteiger partial charge in [0.15, 0.2) is 6.10 Å². The van der Waals surface area contributed by atoms with Crippen molar-refractivity contribution in [3.8, 4) is 0 Å². The van der Waals surface area contributed by atoms with Gasteiger partial charge in [0.2, 0.25) is 29.5 Å². The van der Waals surface area contributed by atoms with Crippen molar-refractivity contribution >= 4 is 41.4 Å². The molecule has 0 saturated carbocycles. The van der Waals surface area contributed by atoms with Crippen LogP contribution >= 0.6 is 0 Å². The maximum Gasteiger partial charge on any atom is 0.329 e. The fourth-order valence-corrected chi connectivity index (χ4v) is 9.24. The van der Waals surface area contributed by atoms with E-state index in [1.54, 1.807) is 20.9 Å². The molecule has 15 nitrogen and oxygen atoms in total. The van der Waals surface area contributed by atoms with Crippen molar-refractivity contribution in [1.29, 1.82) is 0 Å². The highest BCUT2D eigenvalue weighted by Crippen LogP contribution is 2.31. The number of esters is 1. The molecule has 6 amide bonds. The highest BCUT2D eigenvalue weighted by atomic mass is 16.6. The second kappa shape index (κ2) is 20.9. The number of amides is 6. The van der Waals surface area contributed by atoms with Gasteiger partial charge in [-0.1, -0.05) is 85.7 Å². The molecule has 0 radical (unpaired) electrons. The average molecular weight is 839 g/mol. The Kier molecular flexibility index (Phi) is 16.9. The molecule has 3 fully saturated rings. The van der Waals surface area contributed by atoms with Crippen LogP contribution in [-0.2, 0) is 49.5 Å². The van der Waals surface area contributed by atoms with Crippen LogP contribution in [0.2, 0.25) is 0 Å². The Labute approximate surface area is 356 Å². The number of ether oxygens (including phenoxy) is 2. The van der Waals surface area contributed by atoms with Crippen LogP contribution in [0.25, 0.3) is 0 Å². The van der Waals surface area contributed by atoms with Crippen molar-refractivity contribution in [1.82, 2.24) is 29.8 Å². The van der Waals surface area contributed by atoms with Gasteiger partial charge in [-0.2, -0.15) is 0 Å². The zero-order chi connectivity index (χ0) is 44.7. The number of imide groups is 1. The number of nitrogens with zero attached hydrogens (tertiary/aromatic N) is 5. The van der Waals surface area contributed by atoms with Gasteiger partial charge in [0, 0.05) is 27.2 Å². The van der Waals surface area contributed by atoms with Crippen molar-refractivity contribution in [2.75, 3.05) is 41.3 Å². The van der Waals surface area contributed by atoms with E-state index in [2.05, 4.69) is 5.32 Å². The first-order valence-corrected chi connectivity index (χ1v) is 21.7. The Morgan fingerprint density at radius 3 is 1.88 bits per heavy atom. The zero-order valence-corrected chi connectivity index (χ0v) is 37.9. The van der Waals surface area contributed by atoms with Gasteiger partial charge in [0.05, 0.1) is 24.6 Å². The summed E-state index contributed by atoms with van der Waals surface area (Å²) in [7, 11) is 6.71. The summed E-state index contributed by atoms with van der Waals surface area (Å²) in [6.45, 7) is 15.3. The fraction of sp³-hybridized carbons (Fsp3) is 0.711. The van der Waals surface area contributed by atoms with Crippen molar-refractivity contribution in [3.05, 3.63) is 35.9 Å². The molecule has 15 heteroatoms. The summed E-state index contributed by atoms with van der Waals surface area (Å²) in [5, 5.41) is 2.96. The lowest BCUT2D eigenvalue weighted by atomic mass is 9.96. The van der Waals surface area contributed by atoms with Gasteiger partial charge in [0.1, 0.15) is 24.2 Å². The molecule has 3 heterocycles. The second-order valence-electron chi connectivity index (χ2n) is 18.3. The number of benzene rings is 1. The lowest BCUT2D eigenvalue weighted by Crippen LogP contribution is -2.61. The van der Waals surface area contributed by atoms with Gasteiger partial charge in [-0.05, 0) is 75.4 Å². The Balaban J connectivity index is 1.50. The van der Waals surface area contributed by atoms with E-state index in [0.717, 1.165) is 5.56 Å². The molecule has 8 atom stereocenters. The number of carbonyl (C=O) groups excluding carboxylic acids is 7. The van der Waals surface area contributed by atoms with E-state index in [1.807, 2.05) is 90.9 Å². The van der Waals surface area contributed by atoms with Gasteiger partial charge >= 0.3 is 5.97 Å². The second-order valence-corrected chi connectivity index (χ2v) is 18.3. The zero-order valence-electron chi connectivity index (χ0n) is 37.9. The van der Waals surface area contributed by atoms with Gasteiger partial charge in [-0.3, -0.25) is 38.6 Å². The molecule has 3 aliphatic rings. The minimum Gasteiger partial charge on any atom is -0.450 e. The number of hydrogen-bond acceptors (Lipinski definition) is 10. The number of nitrogens with one attached hydrogen (secondary N) is 1. The standard InChI is InChI=1S/C45H70N6O9/c1-26(2)36(46-40(53)37(27(3)4)47(9)10)42(55)48(11)38(28(5)6)43(56)49-22-16-20-31(49)41(54)50-23-17-21-32(50)45(58)60-39(29(7)8)44(57)51-33(34(59-12)25-35(51)52)24-30-18-14-13-15-19-30/h13-15,18-19,26-29,31-34,36-39H,16-17,20-25H2,1-12H3,(H,46,53)/t31-,32-,33-,34?,36-,37-,38-,39-/m0/s1. The molecule has 0 aromatic heterocycles. The highest BCUT2D eigenvalue weighted by Gasteiger charge is 2.49. The Bertz CT molecular complexity index is 1690. The minimum atomic E-state index is -1.28. The lowest BCUT2D eigenvalue weighted by molar-refractivity contribution is -0.171. The van der Waals surface area contributed by atoms with Crippen LogP contribution in [0.4, 0.5) is 0 Å². The summed E-state index contributed by atoms with van der Waals surface area (Å²) in [4.78, 5) is 105. The van der Waals surface area contributed by atoms with Crippen molar-refractivity contribution in [2.45, 2.75) is 142 Å². The molecule has 1 aromatic rings. The van der Waals surface area contributed by atoms with Crippen LogP contribution < -0.4 is 5.32 Å². The summed E-state index contributed by atoms with van der Waals surface area (Å²) >= 11 is 0. The molecule has 1 aromatic carbocycles. The summed E-state index contributed by atoms with van der Waals surface area (Å²) < 4.78 is 11.6. The monoisotopic (exact) mass is 839 g/mol. The molecule has 60 heavy (non-hydrogen) atoms. The first-order chi connectivity index (χ1) is 28.2. The summed E-state index contributed by atoms with van der Waals surface area (Å²) in [5.74, 6) is -4.28. The summed E-state index contributed by atoms with van der Waals surface area (Å²) in [6, 6.07) is 4.80. The largest absolute Gasteiger partial charge is 0.450 e. The van der Waals surface area contributed by atoms with Crippen molar-refractivity contribution in [2.24, 2.45) is 23.7 Å². The van der Waals surface area contributed by atoms with Crippen LogP contribution in [0.1, 0.15) is 93.1 Å². The Morgan fingerprint density at radius 1 is 0.767 bits per heavy atom. The van der Waals surface area contributed by atoms with E-state index in [9.17, 15) is 33.6 Å². The third-order valence-corrected chi connectivity index (χ3v) is 12.3. The SMILES string of the molecule is COC1CC(=O)N(C(=O)[C@@H](OC(=O)[C@@H]2CCCN2C(=O)[C@@H]2CCCN2C(=O)[C@H](C(C)C)N(C)C(=O)[C@@H](NC(=O)[C@H](C(C)C)N(C)C)C(C)C)C(C)C)[C@H]1Cc1ccccc1. The topological polar surface area (TPSA) is 166 Å².